The molecule has 0 fully saturated rings. The van der Waals surface area contributed by atoms with Gasteiger partial charge >= 0.3 is 0 Å². The summed E-state index contributed by atoms with van der Waals surface area (Å²) in [4.78, 5) is 31.3. The summed E-state index contributed by atoms with van der Waals surface area (Å²) < 4.78 is 18.4. The van der Waals surface area contributed by atoms with Crippen LogP contribution in [0.4, 0.5) is 4.39 Å². The molecule has 0 aliphatic heterocycles. The van der Waals surface area contributed by atoms with Gasteiger partial charge in [-0.25, -0.2) is 9.37 Å². The lowest BCUT2D eigenvalue weighted by molar-refractivity contribution is 0.0947. The second kappa shape index (κ2) is 8.22. The van der Waals surface area contributed by atoms with Crippen LogP contribution in [0, 0.1) is 5.82 Å². The van der Waals surface area contributed by atoms with Crippen molar-refractivity contribution >= 4 is 11.8 Å². The van der Waals surface area contributed by atoms with Crippen LogP contribution in [0.15, 0.2) is 53.5 Å². The predicted molar refractivity (Wildman–Crippen MR) is 95.3 cm³/mol. The molecule has 27 heavy (non-hydrogen) atoms. The highest BCUT2D eigenvalue weighted by Crippen LogP contribution is 2.23. The zero-order valence-electron chi connectivity index (χ0n) is 14.3. The minimum absolute atomic E-state index is 0.147. The van der Waals surface area contributed by atoms with Crippen molar-refractivity contribution in [1.82, 2.24) is 15.3 Å². The molecule has 8 heteroatoms. The number of pyridine rings is 1. The molecule has 0 atom stereocenters. The second-order valence-electron chi connectivity index (χ2n) is 5.84. The first kappa shape index (κ1) is 18.2. The maximum Gasteiger partial charge on any atom is 0.273 e. The molecule has 2 heterocycles. The molecule has 138 valence electrons. The van der Waals surface area contributed by atoms with Crippen molar-refractivity contribution in [2.75, 3.05) is 6.54 Å². The number of aromatic nitrogens is 2. The van der Waals surface area contributed by atoms with Crippen LogP contribution in [-0.4, -0.2) is 28.3 Å². The molecule has 0 unspecified atom stereocenters. The van der Waals surface area contributed by atoms with Gasteiger partial charge in [-0.15, -0.1) is 0 Å². The molecule has 0 aliphatic rings. The lowest BCUT2D eigenvalue weighted by Gasteiger charge is -2.05. The van der Waals surface area contributed by atoms with Gasteiger partial charge in [-0.1, -0.05) is 12.1 Å². The van der Waals surface area contributed by atoms with E-state index in [4.69, 9.17) is 10.2 Å². The largest absolute Gasteiger partial charge is 0.443 e. The summed E-state index contributed by atoms with van der Waals surface area (Å²) in [7, 11) is 0. The van der Waals surface area contributed by atoms with Crippen LogP contribution in [0.1, 0.15) is 32.8 Å². The highest BCUT2D eigenvalue weighted by molar-refractivity contribution is 5.98. The van der Waals surface area contributed by atoms with Crippen LogP contribution in [0.2, 0.25) is 0 Å². The third kappa shape index (κ3) is 4.55. The van der Waals surface area contributed by atoms with Crippen molar-refractivity contribution in [1.29, 1.82) is 0 Å². The molecular weight excluding hydrogens is 351 g/mol. The molecule has 0 aliphatic carbocycles. The zero-order valence-corrected chi connectivity index (χ0v) is 14.3. The van der Waals surface area contributed by atoms with Crippen molar-refractivity contribution in [3.63, 3.8) is 0 Å². The highest BCUT2D eigenvalue weighted by Gasteiger charge is 2.18. The van der Waals surface area contributed by atoms with Gasteiger partial charge in [-0.05, 0) is 36.6 Å². The topological polar surface area (TPSA) is 111 Å². The van der Waals surface area contributed by atoms with Gasteiger partial charge in [0.1, 0.15) is 5.82 Å². The van der Waals surface area contributed by atoms with Gasteiger partial charge in [0.25, 0.3) is 5.91 Å². The van der Waals surface area contributed by atoms with Crippen LogP contribution in [0.5, 0.6) is 0 Å². The molecule has 0 spiro atoms. The Morgan fingerprint density at radius 1 is 1.19 bits per heavy atom. The number of rotatable bonds is 7. The number of nitrogens with two attached hydrogens (primary N) is 1. The molecule has 1 aromatic carbocycles. The smallest absolute Gasteiger partial charge is 0.273 e. The van der Waals surface area contributed by atoms with Gasteiger partial charge < -0.3 is 15.5 Å². The minimum atomic E-state index is -0.536. The molecule has 0 saturated heterocycles. The third-order valence-electron chi connectivity index (χ3n) is 3.90. The summed E-state index contributed by atoms with van der Waals surface area (Å²) in [5.41, 5.74) is 7.09. The summed E-state index contributed by atoms with van der Waals surface area (Å²) in [6, 6.07) is 7.78. The van der Waals surface area contributed by atoms with Crippen LogP contribution in [0.25, 0.3) is 11.3 Å². The molecule has 2 amide bonds. The molecular formula is C19H17FN4O3. The third-order valence-corrected chi connectivity index (χ3v) is 3.90. The maximum atomic E-state index is 13.1. The number of benzene rings is 1. The van der Waals surface area contributed by atoms with Gasteiger partial charge in [-0.2, -0.15) is 0 Å². The molecule has 7 nitrogen and oxygen atoms in total. The van der Waals surface area contributed by atoms with Gasteiger partial charge in [0, 0.05) is 23.9 Å². The lowest BCUT2D eigenvalue weighted by atomic mass is 10.1. The summed E-state index contributed by atoms with van der Waals surface area (Å²) in [6.45, 7) is 0.391. The summed E-state index contributed by atoms with van der Waals surface area (Å²) in [6.07, 6.45) is 5.14. The number of carbonyl (C=O) groups excluding carboxylic acids is 2. The Balaban J connectivity index is 1.59. The highest BCUT2D eigenvalue weighted by atomic mass is 19.1. The van der Waals surface area contributed by atoms with Crippen molar-refractivity contribution < 1.29 is 18.4 Å². The van der Waals surface area contributed by atoms with Crippen LogP contribution < -0.4 is 11.1 Å². The number of halogens is 1. The predicted octanol–water partition coefficient (Wildman–Crippen LogP) is 2.34. The van der Waals surface area contributed by atoms with E-state index in [1.165, 1.54) is 12.5 Å². The monoisotopic (exact) mass is 368 g/mol. The van der Waals surface area contributed by atoms with E-state index in [0.29, 0.717) is 36.3 Å². The summed E-state index contributed by atoms with van der Waals surface area (Å²) in [5, 5.41) is 2.76. The Labute approximate surface area is 154 Å². The first-order chi connectivity index (χ1) is 13.0. The number of amides is 2. The number of hydrogen-bond donors (Lipinski definition) is 2. The van der Waals surface area contributed by atoms with E-state index in [2.05, 4.69) is 15.3 Å². The van der Waals surface area contributed by atoms with E-state index in [1.807, 2.05) is 0 Å². The Morgan fingerprint density at radius 2 is 1.96 bits per heavy atom. The van der Waals surface area contributed by atoms with E-state index >= 15 is 0 Å². The maximum absolute atomic E-state index is 13.1. The summed E-state index contributed by atoms with van der Waals surface area (Å²) >= 11 is 0. The summed E-state index contributed by atoms with van der Waals surface area (Å²) in [5.74, 6) is -0.996. The van der Waals surface area contributed by atoms with E-state index in [0.717, 1.165) is 11.8 Å². The standard InChI is InChI=1S/C19H17FN4O3/c20-15-8-12(9-22-10-15)2-1-7-23-19(26)16-17(27-11-24-16)13-3-5-14(6-4-13)18(21)25/h3-6,8-11H,1-2,7H2,(H2,21,25)(H,23,26). The van der Waals surface area contributed by atoms with E-state index in [-0.39, 0.29) is 17.4 Å². The number of hydrogen-bond acceptors (Lipinski definition) is 5. The average molecular weight is 368 g/mol. The van der Waals surface area contributed by atoms with E-state index < -0.39 is 5.91 Å². The van der Waals surface area contributed by atoms with Gasteiger partial charge in [0.2, 0.25) is 5.91 Å². The van der Waals surface area contributed by atoms with Crippen molar-refractivity contribution in [2.45, 2.75) is 12.8 Å². The van der Waals surface area contributed by atoms with Gasteiger partial charge in [-0.3, -0.25) is 14.6 Å². The van der Waals surface area contributed by atoms with Gasteiger partial charge in [0.05, 0.1) is 6.20 Å². The fourth-order valence-corrected chi connectivity index (χ4v) is 2.57. The number of nitrogens with one attached hydrogen (secondary N) is 1. The van der Waals surface area contributed by atoms with Crippen LogP contribution >= 0.6 is 0 Å². The SMILES string of the molecule is NC(=O)c1ccc(-c2ocnc2C(=O)NCCCc2cncc(F)c2)cc1. The molecule has 0 saturated carbocycles. The average Bonchev–Trinajstić information content (AvgIpc) is 3.15. The molecule has 3 aromatic rings. The minimum Gasteiger partial charge on any atom is -0.443 e. The van der Waals surface area contributed by atoms with Crippen molar-refractivity contribution in [3.05, 3.63) is 71.8 Å². The number of nitrogens with zero attached hydrogens (tertiary/aromatic N) is 2. The van der Waals surface area contributed by atoms with Crippen molar-refractivity contribution in [2.24, 2.45) is 5.73 Å². The lowest BCUT2D eigenvalue weighted by Crippen LogP contribution is -2.25. The van der Waals surface area contributed by atoms with Crippen LogP contribution in [-0.2, 0) is 6.42 Å². The Hall–Kier alpha value is -3.55. The first-order valence-corrected chi connectivity index (χ1v) is 8.26. The molecule has 0 radical (unpaired) electrons. The fourth-order valence-electron chi connectivity index (χ4n) is 2.57. The van der Waals surface area contributed by atoms with Crippen LogP contribution in [0.3, 0.4) is 0 Å². The fraction of sp³-hybridized carbons (Fsp3) is 0.158. The van der Waals surface area contributed by atoms with Crippen molar-refractivity contribution in [3.8, 4) is 11.3 Å². The quantitative estimate of drug-likeness (QED) is 0.622. The molecule has 2 aromatic heterocycles. The van der Waals surface area contributed by atoms with Gasteiger partial charge in [0.15, 0.2) is 17.8 Å². The first-order valence-electron chi connectivity index (χ1n) is 8.26. The normalized spacial score (nSPS) is 10.6. The Kier molecular flexibility index (Phi) is 5.55. The Bertz CT molecular complexity index is 954. The van der Waals surface area contributed by atoms with E-state index in [9.17, 15) is 14.0 Å². The Morgan fingerprint density at radius 3 is 2.67 bits per heavy atom. The molecule has 3 rings (SSSR count). The number of aryl methyl sites for hydroxylation is 1. The molecule has 3 N–H and O–H groups in total. The van der Waals surface area contributed by atoms with E-state index in [1.54, 1.807) is 30.5 Å². The number of carbonyl (C=O) groups is 2. The number of primary amides is 1. The zero-order chi connectivity index (χ0) is 19.2. The second-order valence-corrected chi connectivity index (χ2v) is 5.84. The number of oxazole rings is 1. The molecule has 0 bridgehead atoms.